The van der Waals surface area contributed by atoms with E-state index in [4.69, 9.17) is 0 Å². The molecule has 0 aliphatic heterocycles. The van der Waals surface area contributed by atoms with E-state index in [0.29, 0.717) is 18.2 Å². The van der Waals surface area contributed by atoms with E-state index in [0.717, 1.165) is 24.3 Å². The molecule has 0 bridgehead atoms. The molecule has 0 atom stereocenters. The summed E-state index contributed by atoms with van der Waals surface area (Å²) in [6.45, 7) is -0.953. The first-order valence-corrected chi connectivity index (χ1v) is 7.22. The van der Waals surface area contributed by atoms with Gasteiger partial charge in [-0.05, 0) is 30.3 Å². The van der Waals surface area contributed by atoms with E-state index in [-0.39, 0.29) is 17.7 Å². The molecule has 0 fully saturated rings. The standard InChI is InChI=1S/C17H12F5NO3/c18-13-6-3-11(14(19)7-13)8-23-15(24)9-26-16(25)10-1-4-12(5-2-10)17(20,21)22/h1-7H,8-9H2,(H,23,24). The number of amides is 1. The number of esters is 1. The van der Waals surface area contributed by atoms with E-state index in [9.17, 15) is 31.5 Å². The molecule has 0 saturated heterocycles. The summed E-state index contributed by atoms with van der Waals surface area (Å²) in [4.78, 5) is 23.3. The molecule has 1 amide bonds. The van der Waals surface area contributed by atoms with Crippen molar-refractivity contribution >= 4 is 11.9 Å². The molecule has 0 spiro atoms. The van der Waals surface area contributed by atoms with Gasteiger partial charge < -0.3 is 10.1 Å². The van der Waals surface area contributed by atoms with Crippen LogP contribution < -0.4 is 5.32 Å². The average Bonchev–Trinajstić information content (AvgIpc) is 2.58. The number of carbonyl (C=O) groups is 2. The molecule has 2 aromatic carbocycles. The van der Waals surface area contributed by atoms with Crippen molar-refractivity contribution in [2.24, 2.45) is 0 Å². The molecule has 0 aliphatic carbocycles. The largest absolute Gasteiger partial charge is 0.452 e. The molecule has 0 radical (unpaired) electrons. The van der Waals surface area contributed by atoms with E-state index in [1.807, 2.05) is 0 Å². The summed E-state index contributed by atoms with van der Waals surface area (Å²) < 4.78 is 68.1. The Balaban J connectivity index is 1.84. The van der Waals surface area contributed by atoms with Gasteiger partial charge in [0.05, 0.1) is 11.1 Å². The van der Waals surface area contributed by atoms with Gasteiger partial charge in [0.25, 0.3) is 5.91 Å². The lowest BCUT2D eigenvalue weighted by molar-refractivity contribution is -0.137. The Labute approximate surface area is 144 Å². The maximum absolute atomic E-state index is 13.4. The molecule has 0 unspecified atom stereocenters. The lowest BCUT2D eigenvalue weighted by atomic mass is 10.1. The first-order chi connectivity index (χ1) is 12.2. The van der Waals surface area contributed by atoms with Crippen molar-refractivity contribution in [2.45, 2.75) is 12.7 Å². The number of hydrogen-bond acceptors (Lipinski definition) is 3. The van der Waals surface area contributed by atoms with Crippen molar-refractivity contribution in [3.8, 4) is 0 Å². The quantitative estimate of drug-likeness (QED) is 0.645. The van der Waals surface area contributed by atoms with Gasteiger partial charge in [-0.3, -0.25) is 4.79 Å². The zero-order valence-corrected chi connectivity index (χ0v) is 13.1. The second-order valence-electron chi connectivity index (χ2n) is 5.16. The van der Waals surface area contributed by atoms with Crippen LogP contribution in [-0.2, 0) is 22.3 Å². The molecule has 4 nitrogen and oxygen atoms in total. The SMILES string of the molecule is O=C(COC(=O)c1ccc(C(F)(F)F)cc1)NCc1ccc(F)cc1F. The van der Waals surface area contributed by atoms with Crippen molar-refractivity contribution in [1.29, 1.82) is 0 Å². The molecule has 9 heteroatoms. The summed E-state index contributed by atoms with van der Waals surface area (Å²) in [5, 5.41) is 2.27. The number of hydrogen-bond donors (Lipinski definition) is 1. The van der Waals surface area contributed by atoms with Crippen molar-refractivity contribution in [1.82, 2.24) is 5.32 Å². The zero-order valence-electron chi connectivity index (χ0n) is 13.1. The maximum Gasteiger partial charge on any atom is 0.416 e. The predicted octanol–water partition coefficient (Wildman–Crippen LogP) is 3.46. The summed E-state index contributed by atoms with van der Waals surface area (Å²) in [6.07, 6.45) is -4.53. The van der Waals surface area contributed by atoms with Crippen molar-refractivity contribution < 1.29 is 36.3 Å². The van der Waals surface area contributed by atoms with Crippen LogP contribution in [0.15, 0.2) is 42.5 Å². The van der Waals surface area contributed by atoms with Crippen LogP contribution in [0.3, 0.4) is 0 Å². The number of rotatable bonds is 5. The van der Waals surface area contributed by atoms with Crippen LogP contribution in [0.2, 0.25) is 0 Å². The fourth-order valence-electron chi connectivity index (χ4n) is 1.92. The van der Waals surface area contributed by atoms with Gasteiger partial charge in [-0.2, -0.15) is 13.2 Å². The zero-order chi connectivity index (χ0) is 19.3. The smallest absolute Gasteiger partial charge is 0.416 e. The number of halogens is 5. The molecule has 138 valence electrons. The minimum Gasteiger partial charge on any atom is -0.452 e. The van der Waals surface area contributed by atoms with E-state index < -0.39 is 41.9 Å². The second kappa shape index (κ2) is 7.94. The normalized spacial score (nSPS) is 11.1. The summed E-state index contributed by atoms with van der Waals surface area (Å²) in [5.41, 5.74) is -1.04. The van der Waals surface area contributed by atoms with Crippen LogP contribution in [-0.4, -0.2) is 18.5 Å². The lowest BCUT2D eigenvalue weighted by Gasteiger charge is -2.09. The third kappa shape index (κ3) is 5.27. The molecule has 26 heavy (non-hydrogen) atoms. The highest BCUT2D eigenvalue weighted by Crippen LogP contribution is 2.29. The Morgan fingerprint density at radius 1 is 1.00 bits per heavy atom. The Kier molecular flexibility index (Phi) is 5.91. The number of alkyl halides is 3. The van der Waals surface area contributed by atoms with E-state index in [1.165, 1.54) is 0 Å². The third-order valence-corrected chi connectivity index (χ3v) is 3.27. The first kappa shape index (κ1) is 19.4. The van der Waals surface area contributed by atoms with Gasteiger partial charge >= 0.3 is 12.1 Å². The minimum absolute atomic E-state index is 0.0359. The van der Waals surface area contributed by atoms with Gasteiger partial charge in [0, 0.05) is 18.2 Å². The molecule has 0 aromatic heterocycles. The summed E-state index contributed by atoms with van der Waals surface area (Å²) in [5.74, 6) is -3.34. The fraction of sp³-hybridized carbons (Fsp3) is 0.176. The van der Waals surface area contributed by atoms with Gasteiger partial charge in [0.2, 0.25) is 0 Å². The average molecular weight is 373 g/mol. The predicted molar refractivity (Wildman–Crippen MR) is 79.9 cm³/mol. The van der Waals surface area contributed by atoms with Crippen LogP contribution >= 0.6 is 0 Å². The number of nitrogens with one attached hydrogen (secondary N) is 1. The Morgan fingerprint density at radius 3 is 2.23 bits per heavy atom. The van der Waals surface area contributed by atoms with Gasteiger partial charge in [-0.1, -0.05) is 6.07 Å². The molecule has 2 aromatic rings. The number of ether oxygens (including phenoxy) is 1. The Hall–Kier alpha value is -2.97. The highest BCUT2D eigenvalue weighted by atomic mass is 19.4. The van der Waals surface area contributed by atoms with Gasteiger partial charge in [-0.25, -0.2) is 13.6 Å². The molecule has 0 heterocycles. The van der Waals surface area contributed by atoms with Gasteiger partial charge in [0.15, 0.2) is 6.61 Å². The molecule has 0 aliphatic rings. The summed E-state index contributed by atoms with van der Waals surface area (Å²) in [6, 6.07) is 6.12. The third-order valence-electron chi connectivity index (χ3n) is 3.27. The van der Waals surface area contributed by atoms with Crippen LogP contribution in [0.5, 0.6) is 0 Å². The van der Waals surface area contributed by atoms with E-state index in [2.05, 4.69) is 10.1 Å². The topological polar surface area (TPSA) is 55.4 Å². The first-order valence-electron chi connectivity index (χ1n) is 7.22. The summed E-state index contributed by atoms with van der Waals surface area (Å²) >= 11 is 0. The maximum atomic E-state index is 13.4. The highest BCUT2D eigenvalue weighted by Gasteiger charge is 2.30. The molecular formula is C17H12F5NO3. The minimum atomic E-state index is -4.53. The molecule has 1 N–H and O–H groups in total. The van der Waals surface area contributed by atoms with E-state index in [1.54, 1.807) is 0 Å². The van der Waals surface area contributed by atoms with Crippen molar-refractivity contribution in [3.05, 3.63) is 70.8 Å². The van der Waals surface area contributed by atoms with Crippen LogP contribution in [0.1, 0.15) is 21.5 Å². The lowest BCUT2D eigenvalue weighted by Crippen LogP contribution is -2.28. The Bertz CT molecular complexity index is 803. The van der Waals surface area contributed by atoms with Crippen LogP contribution in [0.4, 0.5) is 22.0 Å². The van der Waals surface area contributed by atoms with Gasteiger partial charge in [-0.15, -0.1) is 0 Å². The molecular weight excluding hydrogens is 361 g/mol. The van der Waals surface area contributed by atoms with Crippen molar-refractivity contribution in [2.75, 3.05) is 6.61 Å². The Morgan fingerprint density at radius 2 is 1.65 bits per heavy atom. The number of benzene rings is 2. The fourth-order valence-corrected chi connectivity index (χ4v) is 1.92. The van der Waals surface area contributed by atoms with Crippen molar-refractivity contribution in [3.63, 3.8) is 0 Å². The van der Waals surface area contributed by atoms with Gasteiger partial charge in [0.1, 0.15) is 11.6 Å². The number of carbonyl (C=O) groups excluding carboxylic acids is 2. The van der Waals surface area contributed by atoms with Crippen LogP contribution in [0.25, 0.3) is 0 Å². The monoisotopic (exact) mass is 373 g/mol. The van der Waals surface area contributed by atoms with Crippen LogP contribution in [0, 0.1) is 11.6 Å². The highest BCUT2D eigenvalue weighted by molar-refractivity contribution is 5.91. The van der Waals surface area contributed by atoms with E-state index >= 15 is 0 Å². The second-order valence-corrected chi connectivity index (χ2v) is 5.16. The molecule has 2 rings (SSSR count). The molecule has 0 saturated carbocycles. The summed E-state index contributed by atoms with van der Waals surface area (Å²) in [7, 11) is 0.